The van der Waals surface area contributed by atoms with Crippen LogP contribution in [-0.4, -0.2) is 20.7 Å². The molecule has 0 aliphatic carbocycles. The lowest BCUT2D eigenvalue weighted by atomic mass is 10.2. The first kappa shape index (κ1) is 24.6. The van der Waals surface area contributed by atoms with Crippen molar-refractivity contribution in [3.8, 4) is 17.2 Å². The van der Waals surface area contributed by atoms with Crippen LogP contribution in [0.2, 0.25) is 0 Å². The normalized spacial score (nSPS) is 11.2. The fraction of sp³-hybridized carbons (Fsp3) is 0.120. The number of aryl methyl sites for hydroxylation is 1. The number of pyridine rings is 1. The molecular formula is C25H18F4N4O3. The summed E-state index contributed by atoms with van der Waals surface area (Å²) < 4.78 is 60.2. The van der Waals surface area contributed by atoms with Gasteiger partial charge in [0.1, 0.15) is 5.75 Å². The van der Waals surface area contributed by atoms with E-state index in [2.05, 4.69) is 15.4 Å². The molecule has 184 valence electrons. The molecule has 2 aromatic carbocycles. The molecule has 0 atom stereocenters. The number of aromatic nitrogens is 3. The highest BCUT2D eigenvalue weighted by Gasteiger charge is 2.30. The predicted octanol–water partition coefficient (Wildman–Crippen LogP) is 4.82. The molecule has 4 rings (SSSR count). The number of benzene rings is 2. The molecule has 2 aromatic heterocycles. The molecule has 36 heavy (non-hydrogen) atoms. The van der Waals surface area contributed by atoms with Crippen molar-refractivity contribution < 1.29 is 27.1 Å². The molecule has 0 aliphatic rings. The third kappa shape index (κ3) is 5.57. The molecule has 7 nitrogen and oxygen atoms in total. The Hall–Kier alpha value is -4.54. The standard InChI is InChI=1S/C25H18F4N4O3/c1-15-10-21(34)23(32-33(15)18-5-2-4-17(12-18)25(27,28)29)24(35)31-13-16-7-8-22(20(26)11-16)36-19-6-3-9-30-14-19/h2-12,14H,13H2,1H3,(H,31,35). The lowest BCUT2D eigenvalue weighted by Gasteiger charge is -2.14. The third-order valence-corrected chi connectivity index (χ3v) is 5.05. The summed E-state index contributed by atoms with van der Waals surface area (Å²) >= 11 is 0. The molecule has 1 N–H and O–H groups in total. The van der Waals surface area contributed by atoms with E-state index >= 15 is 0 Å². The van der Waals surface area contributed by atoms with Crippen molar-refractivity contribution in [2.75, 3.05) is 0 Å². The number of carbonyl (C=O) groups excluding carboxylic acids is 1. The minimum atomic E-state index is -4.57. The second-order valence-electron chi connectivity index (χ2n) is 7.70. The van der Waals surface area contributed by atoms with Gasteiger partial charge in [0.05, 0.1) is 17.4 Å². The Morgan fingerprint density at radius 3 is 2.58 bits per heavy atom. The first-order valence-corrected chi connectivity index (χ1v) is 10.5. The summed E-state index contributed by atoms with van der Waals surface area (Å²) in [5.41, 5.74) is -1.48. The summed E-state index contributed by atoms with van der Waals surface area (Å²) in [4.78, 5) is 28.9. The lowest BCUT2D eigenvalue weighted by Crippen LogP contribution is -2.31. The van der Waals surface area contributed by atoms with Gasteiger partial charge in [-0.3, -0.25) is 14.6 Å². The van der Waals surface area contributed by atoms with E-state index in [1.807, 2.05) is 0 Å². The van der Waals surface area contributed by atoms with Gasteiger partial charge in [-0.1, -0.05) is 12.1 Å². The molecule has 0 unspecified atom stereocenters. The number of hydrogen-bond donors (Lipinski definition) is 1. The van der Waals surface area contributed by atoms with Crippen LogP contribution in [0.3, 0.4) is 0 Å². The number of nitrogens with zero attached hydrogens (tertiary/aromatic N) is 3. The summed E-state index contributed by atoms with van der Waals surface area (Å²) in [6.07, 6.45) is -1.60. The van der Waals surface area contributed by atoms with Crippen LogP contribution in [0, 0.1) is 12.7 Å². The maximum Gasteiger partial charge on any atom is 0.416 e. The molecule has 0 bridgehead atoms. The monoisotopic (exact) mass is 498 g/mol. The second kappa shape index (κ2) is 9.98. The largest absolute Gasteiger partial charge is 0.453 e. The van der Waals surface area contributed by atoms with Gasteiger partial charge in [0.15, 0.2) is 17.3 Å². The predicted molar refractivity (Wildman–Crippen MR) is 121 cm³/mol. The first-order chi connectivity index (χ1) is 17.1. The SMILES string of the molecule is Cc1cc(=O)c(C(=O)NCc2ccc(Oc3cccnc3)c(F)c2)nn1-c1cccc(C(F)(F)F)c1. The summed E-state index contributed by atoms with van der Waals surface area (Å²) in [7, 11) is 0. The van der Waals surface area contributed by atoms with Crippen molar-refractivity contribution in [2.24, 2.45) is 0 Å². The highest BCUT2D eigenvalue weighted by atomic mass is 19.4. The highest BCUT2D eigenvalue weighted by Crippen LogP contribution is 2.30. The summed E-state index contributed by atoms with van der Waals surface area (Å²) in [6.45, 7) is 1.34. The van der Waals surface area contributed by atoms with Crippen molar-refractivity contribution >= 4 is 5.91 Å². The number of amides is 1. The number of hydrogen-bond acceptors (Lipinski definition) is 5. The maximum absolute atomic E-state index is 14.4. The van der Waals surface area contributed by atoms with E-state index in [9.17, 15) is 27.2 Å². The Kier molecular flexibility index (Phi) is 6.82. The van der Waals surface area contributed by atoms with E-state index in [4.69, 9.17) is 4.74 Å². The van der Waals surface area contributed by atoms with Crippen LogP contribution >= 0.6 is 0 Å². The average molecular weight is 498 g/mol. The van der Waals surface area contributed by atoms with Gasteiger partial charge in [0.25, 0.3) is 5.91 Å². The van der Waals surface area contributed by atoms with Gasteiger partial charge in [-0.25, -0.2) is 9.07 Å². The molecule has 0 saturated heterocycles. The van der Waals surface area contributed by atoms with E-state index in [1.165, 1.54) is 37.4 Å². The molecule has 1 amide bonds. The van der Waals surface area contributed by atoms with Crippen LogP contribution in [0.25, 0.3) is 5.69 Å². The van der Waals surface area contributed by atoms with Crippen LogP contribution in [0.4, 0.5) is 17.6 Å². The number of carbonyl (C=O) groups is 1. The van der Waals surface area contributed by atoms with Crippen molar-refractivity contribution in [2.45, 2.75) is 19.6 Å². The average Bonchev–Trinajstić information content (AvgIpc) is 2.84. The van der Waals surface area contributed by atoms with Crippen molar-refractivity contribution in [3.05, 3.63) is 112 Å². The van der Waals surface area contributed by atoms with Gasteiger partial charge in [0.2, 0.25) is 5.43 Å². The van der Waals surface area contributed by atoms with E-state index < -0.39 is 34.6 Å². The second-order valence-corrected chi connectivity index (χ2v) is 7.70. The quantitative estimate of drug-likeness (QED) is 0.386. The molecular weight excluding hydrogens is 480 g/mol. The molecule has 2 heterocycles. The smallest absolute Gasteiger partial charge is 0.416 e. The van der Waals surface area contributed by atoms with Gasteiger partial charge >= 0.3 is 6.18 Å². The fourth-order valence-corrected chi connectivity index (χ4v) is 3.32. The minimum absolute atomic E-state index is 0.0302. The Balaban J connectivity index is 1.51. The number of alkyl halides is 3. The van der Waals surface area contributed by atoms with Crippen molar-refractivity contribution in [3.63, 3.8) is 0 Å². The Labute approximate surface area is 202 Å². The Morgan fingerprint density at radius 2 is 1.89 bits per heavy atom. The molecule has 0 spiro atoms. The lowest BCUT2D eigenvalue weighted by molar-refractivity contribution is -0.137. The zero-order chi connectivity index (χ0) is 25.9. The number of ether oxygens (including phenoxy) is 1. The minimum Gasteiger partial charge on any atom is -0.453 e. The Morgan fingerprint density at radius 1 is 1.08 bits per heavy atom. The van der Waals surface area contributed by atoms with Gasteiger partial charge in [-0.05, 0) is 55.0 Å². The van der Waals surface area contributed by atoms with Crippen molar-refractivity contribution in [1.82, 2.24) is 20.1 Å². The van der Waals surface area contributed by atoms with E-state index in [-0.39, 0.29) is 23.7 Å². The molecule has 0 fully saturated rings. The van der Waals surface area contributed by atoms with Crippen LogP contribution in [0.5, 0.6) is 11.5 Å². The number of nitrogens with one attached hydrogen (secondary N) is 1. The van der Waals surface area contributed by atoms with Gasteiger partial charge in [-0.2, -0.15) is 18.3 Å². The molecule has 11 heteroatoms. The highest BCUT2D eigenvalue weighted by molar-refractivity contribution is 5.92. The molecule has 4 aromatic rings. The van der Waals surface area contributed by atoms with Crippen LogP contribution in [0.15, 0.2) is 77.9 Å². The molecule has 0 saturated carbocycles. The van der Waals surface area contributed by atoms with Crippen LogP contribution < -0.4 is 15.5 Å². The topological polar surface area (TPSA) is 86.1 Å². The maximum atomic E-state index is 14.4. The summed E-state index contributed by atoms with van der Waals surface area (Å²) in [5.74, 6) is -1.23. The fourth-order valence-electron chi connectivity index (χ4n) is 3.32. The molecule has 0 aliphatic heterocycles. The first-order valence-electron chi connectivity index (χ1n) is 10.5. The number of halogens is 4. The zero-order valence-electron chi connectivity index (χ0n) is 18.7. The van der Waals surface area contributed by atoms with Gasteiger partial charge in [0, 0.05) is 24.5 Å². The third-order valence-electron chi connectivity index (χ3n) is 5.05. The van der Waals surface area contributed by atoms with Gasteiger partial charge < -0.3 is 10.1 Å². The summed E-state index contributed by atoms with van der Waals surface area (Å²) in [6, 6.07) is 12.8. The van der Waals surface area contributed by atoms with E-state index in [1.54, 1.807) is 18.3 Å². The van der Waals surface area contributed by atoms with Crippen molar-refractivity contribution in [1.29, 1.82) is 0 Å². The van der Waals surface area contributed by atoms with Gasteiger partial charge in [-0.15, -0.1) is 0 Å². The van der Waals surface area contributed by atoms with Crippen LogP contribution in [0.1, 0.15) is 27.3 Å². The number of rotatable bonds is 6. The Bertz CT molecular complexity index is 1470. The van der Waals surface area contributed by atoms with E-state index in [0.717, 1.165) is 28.9 Å². The zero-order valence-corrected chi connectivity index (χ0v) is 18.7. The summed E-state index contributed by atoms with van der Waals surface area (Å²) in [5, 5.41) is 6.45. The molecule has 0 radical (unpaired) electrons. The van der Waals surface area contributed by atoms with E-state index in [0.29, 0.717) is 11.3 Å². The van der Waals surface area contributed by atoms with Crippen LogP contribution in [-0.2, 0) is 12.7 Å².